The van der Waals surface area contributed by atoms with Crippen molar-refractivity contribution in [3.63, 3.8) is 0 Å². The molecule has 1 aromatic carbocycles. The maximum absolute atomic E-state index is 12.4. The lowest BCUT2D eigenvalue weighted by molar-refractivity contribution is 0.0835. The smallest absolute Gasteiger partial charge is 0.255 e. The topological polar surface area (TPSA) is 89.3 Å². The number of ether oxygens (including phenoxy) is 1. The van der Waals surface area contributed by atoms with Crippen LogP contribution in [0.4, 0.5) is 5.69 Å². The van der Waals surface area contributed by atoms with Crippen molar-refractivity contribution in [1.82, 2.24) is 15.5 Å². The summed E-state index contributed by atoms with van der Waals surface area (Å²) in [6.07, 6.45) is 3.50. The van der Waals surface area contributed by atoms with Gasteiger partial charge in [0.05, 0.1) is 12.1 Å². The van der Waals surface area contributed by atoms with Crippen molar-refractivity contribution < 1.29 is 14.1 Å². The van der Waals surface area contributed by atoms with Crippen molar-refractivity contribution in [3.05, 3.63) is 54.2 Å². The molecule has 2 heterocycles. The SMILES string of the molecule is C=CCNc1ccccc1C(=O)NCc1noc([C@H]2CCCO2)n1. The number of nitrogens with one attached hydrogen (secondary N) is 2. The number of para-hydroxylation sites is 1. The second-order valence-electron chi connectivity index (χ2n) is 5.45. The lowest BCUT2D eigenvalue weighted by atomic mass is 10.1. The van der Waals surface area contributed by atoms with E-state index in [2.05, 4.69) is 27.4 Å². The van der Waals surface area contributed by atoms with Crippen molar-refractivity contribution in [2.24, 2.45) is 0 Å². The number of carbonyl (C=O) groups is 1. The molecule has 2 N–H and O–H groups in total. The van der Waals surface area contributed by atoms with E-state index in [0.717, 1.165) is 18.5 Å². The molecule has 0 unspecified atom stereocenters. The highest BCUT2D eigenvalue weighted by molar-refractivity contribution is 5.99. The summed E-state index contributed by atoms with van der Waals surface area (Å²) in [5.41, 5.74) is 1.31. The monoisotopic (exact) mass is 328 g/mol. The third kappa shape index (κ3) is 3.80. The molecule has 2 aromatic rings. The first-order valence-corrected chi connectivity index (χ1v) is 7.94. The van der Waals surface area contributed by atoms with Crippen LogP contribution < -0.4 is 10.6 Å². The Morgan fingerprint density at radius 1 is 1.42 bits per heavy atom. The Kier molecular flexibility index (Phi) is 5.22. The Hall–Kier alpha value is -2.67. The molecule has 0 radical (unpaired) electrons. The summed E-state index contributed by atoms with van der Waals surface area (Å²) in [6.45, 7) is 5.16. The van der Waals surface area contributed by atoms with Gasteiger partial charge in [0.15, 0.2) is 5.82 Å². The Balaban J connectivity index is 1.60. The van der Waals surface area contributed by atoms with E-state index in [4.69, 9.17) is 9.26 Å². The van der Waals surface area contributed by atoms with Crippen LogP contribution in [0, 0.1) is 0 Å². The lowest BCUT2D eigenvalue weighted by Crippen LogP contribution is -2.24. The molecule has 0 aliphatic carbocycles. The predicted octanol–water partition coefficient (Wildman–Crippen LogP) is 2.45. The fraction of sp³-hybridized carbons (Fsp3) is 0.353. The molecule has 1 aliphatic rings. The fourth-order valence-corrected chi connectivity index (χ4v) is 2.51. The van der Waals surface area contributed by atoms with E-state index in [1.54, 1.807) is 12.1 Å². The van der Waals surface area contributed by atoms with Gasteiger partial charge in [0.2, 0.25) is 0 Å². The van der Waals surface area contributed by atoms with Crippen LogP contribution in [0.2, 0.25) is 0 Å². The molecule has 24 heavy (non-hydrogen) atoms. The number of nitrogens with zero attached hydrogens (tertiary/aromatic N) is 2. The zero-order valence-electron chi connectivity index (χ0n) is 13.3. The Labute approximate surface area is 140 Å². The largest absolute Gasteiger partial charge is 0.381 e. The van der Waals surface area contributed by atoms with E-state index in [1.807, 2.05) is 18.2 Å². The second kappa shape index (κ2) is 7.74. The quantitative estimate of drug-likeness (QED) is 0.759. The van der Waals surface area contributed by atoms with Crippen molar-refractivity contribution in [2.75, 3.05) is 18.5 Å². The minimum atomic E-state index is -0.203. The van der Waals surface area contributed by atoms with Crippen molar-refractivity contribution in [3.8, 4) is 0 Å². The predicted molar refractivity (Wildman–Crippen MR) is 88.5 cm³/mol. The average Bonchev–Trinajstić information content (AvgIpc) is 3.29. The van der Waals surface area contributed by atoms with Gasteiger partial charge in [-0.1, -0.05) is 23.4 Å². The van der Waals surface area contributed by atoms with Crippen LogP contribution in [-0.2, 0) is 11.3 Å². The van der Waals surface area contributed by atoms with Crippen LogP contribution >= 0.6 is 0 Å². The molecule has 1 amide bonds. The molecule has 7 nitrogen and oxygen atoms in total. The van der Waals surface area contributed by atoms with Gasteiger partial charge in [0, 0.05) is 18.8 Å². The molecule has 1 atom stereocenters. The molecule has 7 heteroatoms. The van der Waals surface area contributed by atoms with E-state index in [9.17, 15) is 4.79 Å². The standard InChI is InChI=1S/C17H20N4O3/c1-2-9-18-13-7-4-3-6-12(13)16(22)19-11-15-20-17(24-21-15)14-8-5-10-23-14/h2-4,6-7,14,18H,1,5,8-11H2,(H,19,22)/t14-/m1/s1. The molecule has 0 spiro atoms. The summed E-state index contributed by atoms with van der Waals surface area (Å²) in [4.78, 5) is 16.7. The fourth-order valence-electron chi connectivity index (χ4n) is 2.51. The summed E-state index contributed by atoms with van der Waals surface area (Å²) < 4.78 is 10.7. The summed E-state index contributed by atoms with van der Waals surface area (Å²) in [5, 5.41) is 9.83. The summed E-state index contributed by atoms with van der Waals surface area (Å²) in [7, 11) is 0. The van der Waals surface area contributed by atoms with Gasteiger partial charge in [-0.25, -0.2) is 0 Å². The van der Waals surface area contributed by atoms with Crippen LogP contribution in [-0.4, -0.2) is 29.2 Å². The molecular weight excluding hydrogens is 308 g/mol. The van der Waals surface area contributed by atoms with Gasteiger partial charge >= 0.3 is 0 Å². The Morgan fingerprint density at radius 3 is 3.08 bits per heavy atom. The van der Waals surface area contributed by atoms with Gasteiger partial charge in [-0.05, 0) is 25.0 Å². The van der Waals surface area contributed by atoms with E-state index in [1.165, 1.54) is 0 Å². The van der Waals surface area contributed by atoms with E-state index < -0.39 is 0 Å². The first kappa shape index (κ1) is 16.2. The van der Waals surface area contributed by atoms with Crippen LogP contribution in [0.25, 0.3) is 0 Å². The number of hydrogen-bond donors (Lipinski definition) is 2. The molecule has 1 aliphatic heterocycles. The molecule has 0 bridgehead atoms. The van der Waals surface area contributed by atoms with Crippen LogP contribution in [0.3, 0.4) is 0 Å². The van der Waals surface area contributed by atoms with Gasteiger partial charge in [0.25, 0.3) is 11.8 Å². The summed E-state index contributed by atoms with van der Waals surface area (Å²) in [6, 6.07) is 7.30. The molecule has 0 saturated carbocycles. The highest BCUT2D eigenvalue weighted by Gasteiger charge is 2.24. The average molecular weight is 328 g/mol. The van der Waals surface area contributed by atoms with Gasteiger partial charge in [-0.2, -0.15) is 4.98 Å². The van der Waals surface area contributed by atoms with Gasteiger partial charge in [-0.3, -0.25) is 4.79 Å². The van der Waals surface area contributed by atoms with Crippen LogP contribution in [0.15, 0.2) is 41.4 Å². The number of carbonyl (C=O) groups excluding carboxylic acids is 1. The zero-order chi connectivity index (χ0) is 16.8. The van der Waals surface area contributed by atoms with E-state index in [0.29, 0.717) is 30.4 Å². The lowest BCUT2D eigenvalue weighted by Gasteiger charge is -2.10. The second-order valence-corrected chi connectivity index (χ2v) is 5.45. The molecule has 126 valence electrons. The highest BCUT2D eigenvalue weighted by Crippen LogP contribution is 2.26. The van der Waals surface area contributed by atoms with E-state index >= 15 is 0 Å². The van der Waals surface area contributed by atoms with Crippen LogP contribution in [0.1, 0.15) is 41.0 Å². The number of amides is 1. The zero-order valence-corrected chi connectivity index (χ0v) is 13.3. The highest BCUT2D eigenvalue weighted by atomic mass is 16.5. The molecule has 1 aromatic heterocycles. The summed E-state index contributed by atoms with van der Waals surface area (Å²) in [5.74, 6) is 0.709. The third-order valence-electron chi connectivity index (χ3n) is 3.70. The van der Waals surface area contributed by atoms with E-state index in [-0.39, 0.29) is 18.6 Å². The normalized spacial score (nSPS) is 16.8. The number of hydrogen-bond acceptors (Lipinski definition) is 6. The van der Waals surface area contributed by atoms with Crippen molar-refractivity contribution in [1.29, 1.82) is 0 Å². The maximum atomic E-state index is 12.4. The minimum absolute atomic E-state index is 0.120. The first-order chi connectivity index (χ1) is 11.8. The summed E-state index contributed by atoms with van der Waals surface area (Å²) >= 11 is 0. The third-order valence-corrected chi connectivity index (χ3v) is 3.70. The number of benzene rings is 1. The molecule has 3 rings (SSSR count). The number of aromatic nitrogens is 2. The first-order valence-electron chi connectivity index (χ1n) is 7.94. The molecule has 1 saturated heterocycles. The van der Waals surface area contributed by atoms with Crippen LogP contribution in [0.5, 0.6) is 0 Å². The van der Waals surface area contributed by atoms with Crippen molar-refractivity contribution in [2.45, 2.75) is 25.5 Å². The molecular formula is C17H20N4O3. The minimum Gasteiger partial charge on any atom is -0.381 e. The number of anilines is 1. The molecule has 1 fully saturated rings. The Morgan fingerprint density at radius 2 is 2.29 bits per heavy atom. The number of rotatable bonds is 7. The van der Waals surface area contributed by atoms with Gasteiger partial charge in [0.1, 0.15) is 6.10 Å². The Bertz CT molecular complexity index is 707. The maximum Gasteiger partial charge on any atom is 0.255 e. The van der Waals surface area contributed by atoms with Gasteiger partial charge in [-0.15, -0.1) is 6.58 Å². The van der Waals surface area contributed by atoms with Gasteiger partial charge < -0.3 is 19.9 Å². The van der Waals surface area contributed by atoms with Crippen molar-refractivity contribution >= 4 is 11.6 Å².